The van der Waals surface area contributed by atoms with Crippen LogP contribution in [-0.4, -0.2) is 6.54 Å². The molecule has 0 aliphatic carbocycles. The first-order valence-electron chi connectivity index (χ1n) is 2.40. The van der Waals surface area contributed by atoms with Gasteiger partial charge in [0.2, 0.25) is 0 Å². The molecule has 0 aromatic carbocycles. The molecule has 0 saturated heterocycles. The fraction of sp³-hybridized carbons (Fsp3) is 0.667. The Morgan fingerprint density at radius 2 is 1.86 bits per heavy atom. The average molecular weight is 99.2 g/mol. The van der Waals surface area contributed by atoms with E-state index >= 15 is 0 Å². The summed E-state index contributed by atoms with van der Waals surface area (Å²) in [5.41, 5.74) is 5.03. The summed E-state index contributed by atoms with van der Waals surface area (Å²) in [6, 6.07) is 0. The van der Waals surface area contributed by atoms with Crippen molar-refractivity contribution in [2.75, 3.05) is 6.54 Å². The Hall–Kier alpha value is -0.480. The fourth-order valence-corrected chi connectivity index (χ4v) is 0. The first kappa shape index (κ1) is 9.72. The third-order valence-electron chi connectivity index (χ3n) is 0.289. The largest absolute Gasteiger partial charge is 0.330 e. The molecular weight excluding hydrogens is 86.1 g/mol. The van der Waals surface area contributed by atoms with Gasteiger partial charge in [-0.1, -0.05) is 6.92 Å². The van der Waals surface area contributed by atoms with Crippen LogP contribution in [-0.2, 0) is 0 Å². The van der Waals surface area contributed by atoms with Crippen molar-refractivity contribution in [3.05, 3.63) is 0 Å². The molecule has 0 unspecified atom stereocenters. The summed E-state index contributed by atoms with van der Waals surface area (Å²) in [5, 5.41) is 0. The third kappa shape index (κ3) is 253. The van der Waals surface area contributed by atoms with Gasteiger partial charge in [0, 0.05) is 0 Å². The molecular formula is C6H13N. The lowest BCUT2D eigenvalue weighted by molar-refractivity contribution is 0.932. The van der Waals surface area contributed by atoms with E-state index in [1.54, 1.807) is 6.92 Å². The van der Waals surface area contributed by atoms with Crippen molar-refractivity contribution in [2.24, 2.45) is 5.73 Å². The number of hydrogen-bond donors (Lipinski definition) is 1. The predicted molar refractivity (Wildman–Crippen MR) is 33.9 cm³/mol. The topological polar surface area (TPSA) is 26.0 Å². The Bertz CT molecular complexity index is 40.6. The molecule has 0 bridgehead atoms. The van der Waals surface area contributed by atoms with Crippen LogP contribution in [0, 0.1) is 12.3 Å². The molecule has 0 aliphatic heterocycles. The van der Waals surface area contributed by atoms with Gasteiger partial charge in [0.15, 0.2) is 0 Å². The van der Waals surface area contributed by atoms with Crippen LogP contribution in [0.25, 0.3) is 0 Å². The van der Waals surface area contributed by atoms with Gasteiger partial charge in [-0.05, 0) is 19.9 Å². The summed E-state index contributed by atoms with van der Waals surface area (Å²) >= 11 is 0. The molecule has 0 amide bonds. The van der Waals surface area contributed by atoms with Gasteiger partial charge >= 0.3 is 0 Å². The molecule has 0 heterocycles. The van der Waals surface area contributed by atoms with Crippen LogP contribution in [0.15, 0.2) is 0 Å². The van der Waals surface area contributed by atoms with Crippen LogP contribution in [0.1, 0.15) is 20.3 Å². The van der Waals surface area contributed by atoms with Gasteiger partial charge in [-0.2, -0.15) is 0 Å². The summed E-state index contributed by atoms with van der Waals surface area (Å²) in [7, 11) is 0. The molecule has 0 fully saturated rings. The van der Waals surface area contributed by atoms with Crippen LogP contribution in [0.2, 0.25) is 0 Å². The lowest BCUT2D eigenvalue weighted by Crippen LogP contribution is -1.93. The second-order valence-electron chi connectivity index (χ2n) is 1.08. The Morgan fingerprint density at radius 1 is 1.71 bits per heavy atom. The lowest BCUT2D eigenvalue weighted by atomic mass is 10.5. The van der Waals surface area contributed by atoms with Gasteiger partial charge in [0.1, 0.15) is 0 Å². The predicted octanol–water partition coefficient (Wildman–Crippen LogP) is 0.995. The molecule has 0 atom stereocenters. The molecule has 7 heavy (non-hydrogen) atoms. The standard InChI is InChI=1S/C3H9N.C3H4/c1-2-3-4;1-3-2/h2-4H2,1H3;1H,2H3. The summed E-state index contributed by atoms with van der Waals surface area (Å²) in [5.74, 6) is 2.25. The van der Waals surface area contributed by atoms with Gasteiger partial charge < -0.3 is 5.73 Å². The van der Waals surface area contributed by atoms with E-state index in [4.69, 9.17) is 5.73 Å². The molecule has 2 N–H and O–H groups in total. The van der Waals surface area contributed by atoms with Crippen LogP contribution in [0.3, 0.4) is 0 Å². The van der Waals surface area contributed by atoms with E-state index in [-0.39, 0.29) is 0 Å². The van der Waals surface area contributed by atoms with Gasteiger partial charge in [-0.3, -0.25) is 0 Å². The summed E-state index contributed by atoms with van der Waals surface area (Å²) in [6.07, 6.45) is 5.69. The number of nitrogens with two attached hydrogens (primary N) is 1. The highest BCUT2D eigenvalue weighted by Crippen LogP contribution is 1.57. The second-order valence-corrected chi connectivity index (χ2v) is 1.08. The molecule has 1 nitrogen and oxygen atoms in total. The molecule has 0 aliphatic rings. The van der Waals surface area contributed by atoms with Crippen LogP contribution in [0.5, 0.6) is 0 Å². The molecule has 42 valence electrons. The van der Waals surface area contributed by atoms with E-state index in [0.717, 1.165) is 13.0 Å². The van der Waals surface area contributed by atoms with Crippen LogP contribution >= 0.6 is 0 Å². The summed E-state index contributed by atoms with van der Waals surface area (Å²) < 4.78 is 0. The van der Waals surface area contributed by atoms with Crippen LogP contribution < -0.4 is 5.73 Å². The number of terminal acetylenes is 1. The summed E-state index contributed by atoms with van der Waals surface area (Å²) in [4.78, 5) is 0. The smallest absolute Gasteiger partial charge is 0.00297 e. The second kappa shape index (κ2) is 17.8. The minimum atomic E-state index is 0.819. The highest BCUT2D eigenvalue weighted by atomic mass is 14.5. The maximum Gasteiger partial charge on any atom is -0.00297 e. The van der Waals surface area contributed by atoms with Crippen LogP contribution in [0.4, 0.5) is 0 Å². The van der Waals surface area contributed by atoms with E-state index in [9.17, 15) is 0 Å². The summed E-state index contributed by atoms with van der Waals surface area (Å²) in [6.45, 7) is 4.53. The number of rotatable bonds is 1. The van der Waals surface area contributed by atoms with Gasteiger partial charge in [-0.15, -0.1) is 12.3 Å². The van der Waals surface area contributed by atoms with E-state index in [2.05, 4.69) is 19.3 Å². The third-order valence-corrected chi connectivity index (χ3v) is 0.289. The van der Waals surface area contributed by atoms with E-state index in [1.807, 2.05) is 0 Å². The normalized spacial score (nSPS) is 5.43. The molecule has 0 saturated carbocycles. The highest BCUT2D eigenvalue weighted by molar-refractivity contribution is 4.73. The average Bonchev–Trinajstić information content (AvgIpc) is 1.69. The molecule has 0 radical (unpaired) electrons. The zero-order valence-corrected chi connectivity index (χ0v) is 5.07. The van der Waals surface area contributed by atoms with Crippen molar-refractivity contribution in [1.82, 2.24) is 0 Å². The monoisotopic (exact) mass is 99.1 g/mol. The molecule has 0 aromatic rings. The zero-order valence-electron chi connectivity index (χ0n) is 5.07. The van der Waals surface area contributed by atoms with E-state index in [1.165, 1.54) is 0 Å². The van der Waals surface area contributed by atoms with Crippen molar-refractivity contribution in [2.45, 2.75) is 20.3 Å². The number of hydrogen-bond acceptors (Lipinski definition) is 1. The van der Waals surface area contributed by atoms with Crippen molar-refractivity contribution in [3.63, 3.8) is 0 Å². The minimum absolute atomic E-state index is 0.819. The quantitative estimate of drug-likeness (QED) is 0.487. The molecule has 0 spiro atoms. The SMILES string of the molecule is C#CC.CCCN. The Morgan fingerprint density at radius 3 is 1.86 bits per heavy atom. The lowest BCUT2D eigenvalue weighted by Gasteiger charge is -1.70. The van der Waals surface area contributed by atoms with E-state index < -0.39 is 0 Å². The van der Waals surface area contributed by atoms with Crippen molar-refractivity contribution in [3.8, 4) is 12.3 Å². The maximum atomic E-state index is 5.03. The van der Waals surface area contributed by atoms with Crippen molar-refractivity contribution in [1.29, 1.82) is 0 Å². The fourth-order valence-electron chi connectivity index (χ4n) is 0. The van der Waals surface area contributed by atoms with Gasteiger partial charge in [0.25, 0.3) is 0 Å². The first-order valence-corrected chi connectivity index (χ1v) is 2.40. The minimum Gasteiger partial charge on any atom is -0.330 e. The molecule has 0 aromatic heterocycles. The van der Waals surface area contributed by atoms with Crippen molar-refractivity contribution >= 4 is 0 Å². The molecule has 1 heteroatoms. The molecule has 0 rings (SSSR count). The Labute approximate surface area is 45.9 Å². The van der Waals surface area contributed by atoms with Gasteiger partial charge in [-0.25, -0.2) is 0 Å². The Kier molecular flexibility index (Phi) is 24.7. The van der Waals surface area contributed by atoms with Gasteiger partial charge in [0.05, 0.1) is 0 Å². The van der Waals surface area contributed by atoms with Crippen molar-refractivity contribution < 1.29 is 0 Å². The first-order chi connectivity index (χ1) is 3.33. The Balaban J connectivity index is 0. The highest BCUT2D eigenvalue weighted by Gasteiger charge is 1.55. The van der Waals surface area contributed by atoms with E-state index in [0.29, 0.717) is 0 Å². The zero-order chi connectivity index (χ0) is 6.12. The maximum absolute atomic E-state index is 5.03.